The standard InChI is InChI=1S/C15H23N3O3/c1-11(15(20)17-8-9-21-2)18-14(19)10-13(16)12-6-4-3-5-7-12/h3-7,11,13H,8-10,16H2,1-2H3,(H,17,20)(H,18,19). The van der Waals surface area contributed by atoms with Gasteiger partial charge in [0, 0.05) is 26.1 Å². The molecule has 2 atom stereocenters. The van der Waals surface area contributed by atoms with Crippen LogP contribution in [0.3, 0.4) is 0 Å². The molecule has 21 heavy (non-hydrogen) atoms. The Bertz CT molecular complexity index is 451. The number of rotatable bonds is 8. The van der Waals surface area contributed by atoms with Crippen molar-refractivity contribution in [2.24, 2.45) is 5.73 Å². The van der Waals surface area contributed by atoms with E-state index < -0.39 is 6.04 Å². The zero-order valence-electron chi connectivity index (χ0n) is 12.5. The zero-order valence-corrected chi connectivity index (χ0v) is 12.5. The van der Waals surface area contributed by atoms with Crippen molar-refractivity contribution in [3.05, 3.63) is 35.9 Å². The van der Waals surface area contributed by atoms with Crippen molar-refractivity contribution in [2.45, 2.75) is 25.4 Å². The van der Waals surface area contributed by atoms with Gasteiger partial charge < -0.3 is 21.1 Å². The average molecular weight is 293 g/mol. The number of nitrogens with two attached hydrogens (primary N) is 1. The van der Waals surface area contributed by atoms with Crippen LogP contribution >= 0.6 is 0 Å². The summed E-state index contributed by atoms with van der Waals surface area (Å²) in [4.78, 5) is 23.6. The summed E-state index contributed by atoms with van der Waals surface area (Å²) in [5.74, 6) is -0.491. The number of amides is 2. The van der Waals surface area contributed by atoms with E-state index >= 15 is 0 Å². The number of ether oxygens (including phenoxy) is 1. The van der Waals surface area contributed by atoms with Crippen LogP contribution in [-0.4, -0.2) is 38.1 Å². The highest BCUT2D eigenvalue weighted by atomic mass is 16.5. The molecule has 2 amide bonds. The third-order valence-electron chi connectivity index (χ3n) is 3.01. The summed E-state index contributed by atoms with van der Waals surface area (Å²) in [6.45, 7) is 2.48. The maximum absolute atomic E-state index is 11.9. The Morgan fingerprint density at radius 3 is 2.57 bits per heavy atom. The number of nitrogens with one attached hydrogen (secondary N) is 2. The molecule has 0 aliphatic rings. The Labute approximate surface area is 125 Å². The van der Waals surface area contributed by atoms with Gasteiger partial charge in [-0.3, -0.25) is 9.59 Å². The Kier molecular flexibility index (Phi) is 7.42. The number of carbonyl (C=O) groups is 2. The smallest absolute Gasteiger partial charge is 0.242 e. The Balaban J connectivity index is 2.37. The van der Waals surface area contributed by atoms with Gasteiger partial charge in [-0.2, -0.15) is 0 Å². The first kappa shape index (κ1) is 17.1. The summed E-state index contributed by atoms with van der Waals surface area (Å²) in [6.07, 6.45) is 0.139. The van der Waals surface area contributed by atoms with Gasteiger partial charge in [0.05, 0.1) is 6.61 Å². The van der Waals surface area contributed by atoms with E-state index in [1.54, 1.807) is 14.0 Å². The van der Waals surface area contributed by atoms with Crippen molar-refractivity contribution in [1.29, 1.82) is 0 Å². The summed E-state index contributed by atoms with van der Waals surface area (Å²) in [5.41, 5.74) is 6.86. The lowest BCUT2D eigenvalue weighted by molar-refractivity contribution is -0.128. The number of benzene rings is 1. The molecule has 0 bridgehead atoms. The van der Waals surface area contributed by atoms with Gasteiger partial charge in [0.15, 0.2) is 0 Å². The Hall–Kier alpha value is -1.92. The predicted molar refractivity (Wildman–Crippen MR) is 80.5 cm³/mol. The van der Waals surface area contributed by atoms with Crippen molar-refractivity contribution < 1.29 is 14.3 Å². The van der Waals surface area contributed by atoms with Crippen LogP contribution in [0.4, 0.5) is 0 Å². The van der Waals surface area contributed by atoms with Gasteiger partial charge in [-0.05, 0) is 12.5 Å². The molecule has 1 aromatic carbocycles. The second-order valence-electron chi connectivity index (χ2n) is 4.79. The van der Waals surface area contributed by atoms with E-state index in [0.717, 1.165) is 5.56 Å². The quantitative estimate of drug-likeness (QED) is 0.603. The van der Waals surface area contributed by atoms with Gasteiger partial charge >= 0.3 is 0 Å². The number of hydrogen-bond donors (Lipinski definition) is 3. The van der Waals surface area contributed by atoms with E-state index in [1.807, 2.05) is 30.3 Å². The molecule has 2 unspecified atom stereocenters. The Morgan fingerprint density at radius 2 is 1.95 bits per heavy atom. The lowest BCUT2D eigenvalue weighted by Gasteiger charge is -2.16. The fourth-order valence-corrected chi connectivity index (χ4v) is 1.81. The van der Waals surface area contributed by atoms with Crippen LogP contribution < -0.4 is 16.4 Å². The van der Waals surface area contributed by atoms with Crippen molar-refractivity contribution in [3.8, 4) is 0 Å². The van der Waals surface area contributed by atoms with Gasteiger partial charge in [-0.1, -0.05) is 30.3 Å². The van der Waals surface area contributed by atoms with Gasteiger partial charge in [0.2, 0.25) is 11.8 Å². The first-order valence-electron chi connectivity index (χ1n) is 6.91. The fraction of sp³-hybridized carbons (Fsp3) is 0.467. The van der Waals surface area contributed by atoms with E-state index in [0.29, 0.717) is 13.2 Å². The second-order valence-corrected chi connectivity index (χ2v) is 4.79. The molecular formula is C15H23N3O3. The van der Waals surface area contributed by atoms with Crippen molar-refractivity contribution >= 4 is 11.8 Å². The molecule has 0 heterocycles. The van der Waals surface area contributed by atoms with Gasteiger partial charge in [-0.25, -0.2) is 0 Å². The molecule has 4 N–H and O–H groups in total. The van der Waals surface area contributed by atoms with Gasteiger partial charge in [-0.15, -0.1) is 0 Å². The summed E-state index contributed by atoms with van der Waals surface area (Å²) in [5, 5.41) is 5.30. The van der Waals surface area contributed by atoms with Crippen molar-refractivity contribution in [3.63, 3.8) is 0 Å². The number of carbonyl (C=O) groups excluding carboxylic acids is 2. The van der Waals surface area contributed by atoms with Crippen LogP contribution in [0.2, 0.25) is 0 Å². The summed E-state index contributed by atoms with van der Waals surface area (Å²) < 4.78 is 4.84. The van der Waals surface area contributed by atoms with Crippen LogP contribution in [-0.2, 0) is 14.3 Å². The molecule has 0 aromatic heterocycles. The molecule has 0 spiro atoms. The summed E-state index contributed by atoms with van der Waals surface area (Å²) in [6, 6.07) is 8.41. The maximum atomic E-state index is 11.9. The molecule has 0 aliphatic carbocycles. The molecule has 1 aromatic rings. The number of hydrogen-bond acceptors (Lipinski definition) is 4. The van der Waals surface area contributed by atoms with Crippen LogP contribution in [0, 0.1) is 0 Å². The third kappa shape index (κ3) is 6.37. The van der Waals surface area contributed by atoms with E-state index in [-0.39, 0.29) is 24.3 Å². The topological polar surface area (TPSA) is 93.5 Å². The lowest BCUT2D eigenvalue weighted by atomic mass is 10.0. The SMILES string of the molecule is COCCNC(=O)C(C)NC(=O)CC(N)c1ccccc1. The fourth-order valence-electron chi connectivity index (χ4n) is 1.81. The number of methoxy groups -OCH3 is 1. The van der Waals surface area contributed by atoms with Crippen LogP contribution in [0.25, 0.3) is 0 Å². The highest BCUT2D eigenvalue weighted by Gasteiger charge is 2.17. The third-order valence-corrected chi connectivity index (χ3v) is 3.01. The minimum atomic E-state index is -0.600. The summed E-state index contributed by atoms with van der Waals surface area (Å²) >= 11 is 0. The van der Waals surface area contributed by atoms with Crippen molar-refractivity contribution in [1.82, 2.24) is 10.6 Å². The molecule has 6 heteroatoms. The van der Waals surface area contributed by atoms with Gasteiger partial charge in [0.25, 0.3) is 0 Å². The molecule has 6 nitrogen and oxygen atoms in total. The molecule has 0 saturated carbocycles. The molecule has 0 radical (unpaired) electrons. The van der Waals surface area contributed by atoms with Gasteiger partial charge in [0.1, 0.15) is 6.04 Å². The highest BCUT2D eigenvalue weighted by molar-refractivity contribution is 5.87. The first-order valence-corrected chi connectivity index (χ1v) is 6.91. The predicted octanol–water partition coefficient (Wildman–Crippen LogP) is 0.344. The largest absolute Gasteiger partial charge is 0.383 e. The highest BCUT2D eigenvalue weighted by Crippen LogP contribution is 2.12. The molecular weight excluding hydrogens is 270 g/mol. The van der Waals surface area contributed by atoms with E-state index in [4.69, 9.17) is 10.5 Å². The lowest BCUT2D eigenvalue weighted by Crippen LogP contribution is -2.46. The molecule has 1 rings (SSSR count). The van der Waals surface area contributed by atoms with E-state index in [1.165, 1.54) is 0 Å². The molecule has 0 fully saturated rings. The average Bonchev–Trinajstić information content (AvgIpc) is 2.48. The van der Waals surface area contributed by atoms with Crippen LogP contribution in [0.1, 0.15) is 24.9 Å². The molecule has 0 aliphatic heterocycles. The second kappa shape index (κ2) is 9.10. The van der Waals surface area contributed by atoms with Crippen LogP contribution in [0.15, 0.2) is 30.3 Å². The van der Waals surface area contributed by atoms with Crippen molar-refractivity contribution in [2.75, 3.05) is 20.3 Å². The van der Waals surface area contributed by atoms with E-state index in [9.17, 15) is 9.59 Å². The maximum Gasteiger partial charge on any atom is 0.242 e. The normalized spacial score (nSPS) is 13.3. The first-order chi connectivity index (χ1) is 10.0. The van der Waals surface area contributed by atoms with E-state index in [2.05, 4.69) is 10.6 Å². The Morgan fingerprint density at radius 1 is 1.29 bits per heavy atom. The minimum absolute atomic E-state index is 0.139. The summed E-state index contributed by atoms with van der Waals surface area (Å²) in [7, 11) is 1.56. The molecule has 0 saturated heterocycles. The minimum Gasteiger partial charge on any atom is -0.383 e. The molecule has 116 valence electrons. The van der Waals surface area contributed by atoms with Crippen LogP contribution in [0.5, 0.6) is 0 Å². The zero-order chi connectivity index (χ0) is 15.7. The monoisotopic (exact) mass is 293 g/mol.